The number of Topliss-reactive ketones (excluding diaryl/α,β-unsaturated/α-hetero) is 1. The van der Waals surface area contributed by atoms with Crippen LogP contribution in [0, 0.1) is 5.82 Å². The fraction of sp³-hybridized carbons (Fsp3) is 0.318. The number of anilines is 1. The van der Waals surface area contributed by atoms with Gasteiger partial charge in [0.15, 0.2) is 19.0 Å². The number of ether oxygens (including phenoxy) is 2. The minimum Gasteiger partial charge on any atom is -0.482 e. The predicted octanol–water partition coefficient (Wildman–Crippen LogP) is 2.95. The van der Waals surface area contributed by atoms with Gasteiger partial charge in [0.1, 0.15) is 11.6 Å². The first-order valence-corrected chi connectivity index (χ1v) is 10.1. The summed E-state index contributed by atoms with van der Waals surface area (Å²) >= 11 is 5.78. The van der Waals surface area contributed by atoms with Crippen molar-refractivity contribution in [1.29, 1.82) is 0 Å². The van der Waals surface area contributed by atoms with Crippen LogP contribution in [0.2, 0.25) is 5.02 Å². The summed E-state index contributed by atoms with van der Waals surface area (Å²) < 4.78 is 24.6. The van der Waals surface area contributed by atoms with Crippen LogP contribution in [-0.4, -0.2) is 62.0 Å². The highest BCUT2D eigenvalue weighted by molar-refractivity contribution is 6.30. The van der Waals surface area contributed by atoms with E-state index in [0.29, 0.717) is 48.2 Å². The van der Waals surface area contributed by atoms with E-state index in [1.54, 1.807) is 41.3 Å². The van der Waals surface area contributed by atoms with Crippen molar-refractivity contribution in [2.75, 3.05) is 44.3 Å². The molecule has 0 radical (unpaired) electrons. The van der Waals surface area contributed by atoms with Gasteiger partial charge in [0.2, 0.25) is 0 Å². The molecule has 1 fully saturated rings. The predicted molar refractivity (Wildman–Crippen MR) is 113 cm³/mol. The lowest BCUT2D eigenvalue weighted by molar-refractivity contribution is -0.153. The number of amides is 1. The molecule has 0 N–H and O–H groups in total. The van der Waals surface area contributed by atoms with E-state index >= 15 is 0 Å². The summed E-state index contributed by atoms with van der Waals surface area (Å²) in [5.74, 6) is -1.19. The maximum absolute atomic E-state index is 14.3. The summed E-state index contributed by atoms with van der Waals surface area (Å²) in [6, 6.07) is 10.9. The lowest BCUT2D eigenvalue weighted by Crippen LogP contribution is -2.50. The van der Waals surface area contributed by atoms with Crippen molar-refractivity contribution >= 4 is 34.9 Å². The number of halogens is 2. The van der Waals surface area contributed by atoms with Gasteiger partial charge in [0, 0.05) is 36.8 Å². The van der Waals surface area contributed by atoms with Gasteiger partial charge < -0.3 is 19.3 Å². The standard InChI is InChI=1S/C22H22ClFN2O5/c1-15(27)16-2-7-20(19(24)12-16)25-8-10-26(11-9-25)21(28)13-31-22(29)14-30-18-5-3-17(23)4-6-18/h2-7,12H,8-11,13-14H2,1H3. The fourth-order valence-corrected chi connectivity index (χ4v) is 3.25. The second-order valence-corrected chi connectivity index (χ2v) is 7.43. The van der Waals surface area contributed by atoms with Crippen molar-refractivity contribution in [3.63, 3.8) is 0 Å². The number of carbonyl (C=O) groups excluding carboxylic acids is 3. The highest BCUT2D eigenvalue weighted by Crippen LogP contribution is 2.22. The zero-order valence-electron chi connectivity index (χ0n) is 17.0. The molecule has 7 nitrogen and oxygen atoms in total. The maximum Gasteiger partial charge on any atom is 0.344 e. The van der Waals surface area contributed by atoms with Gasteiger partial charge in [-0.1, -0.05) is 11.6 Å². The quantitative estimate of drug-likeness (QED) is 0.479. The average Bonchev–Trinajstić information content (AvgIpc) is 2.77. The zero-order valence-corrected chi connectivity index (χ0v) is 17.7. The number of carbonyl (C=O) groups is 3. The Balaban J connectivity index is 1.42. The normalized spacial score (nSPS) is 13.6. The summed E-state index contributed by atoms with van der Waals surface area (Å²) in [7, 11) is 0. The molecule has 0 saturated carbocycles. The first-order valence-electron chi connectivity index (χ1n) is 9.70. The van der Waals surface area contributed by atoms with Gasteiger partial charge in [-0.05, 0) is 49.4 Å². The molecule has 3 rings (SSSR count). The zero-order chi connectivity index (χ0) is 22.4. The number of hydrogen-bond donors (Lipinski definition) is 0. The molecule has 2 aromatic rings. The molecule has 0 aromatic heterocycles. The van der Waals surface area contributed by atoms with E-state index in [-0.39, 0.29) is 24.9 Å². The monoisotopic (exact) mass is 448 g/mol. The van der Waals surface area contributed by atoms with Crippen LogP contribution >= 0.6 is 11.6 Å². The van der Waals surface area contributed by atoms with E-state index in [0.717, 1.165) is 0 Å². The van der Waals surface area contributed by atoms with E-state index in [4.69, 9.17) is 21.1 Å². The summed E-state index contributed by atoms with van der Waals surface area (Å²) in [5.41, 5.74) is 0.708. The van der Waals surface area contributed by atoms with E-state index in [2.05, 4.69) is 0 Å². The van der Waals surface area contributed by atoms with Crippen molar-refractivity contribution in [1.82, 2.24) is 4.90 Å². The topological polar surface area (TPSA) is 76.2 Å². The van der Waals surface area contributed by atoms with E-state index in [1.165, 1.54) is 13.0 Å². The number of benzene rings is 2. The Kier molecular flexibility index (Phi) is 7.46. The molecular weight excluding hydrogens is 427 g/mol. The number of rotatable bonds is 7. The van der Waals surface area contributed by atoms with Gasteiger partial charge in [-0.15, -0.1) is 0 Å². The van der Waals surface area contributed by atoms with Crippen LogP contribution in [0.4, 0.5) is 10.1 Å². The molecule has 164 valence electrons. The molecule has 0 aliphatic carbocycles. The SMILES string of the molecule is CC(=O)c1ccc(N2CCN(C(=O)COC(=O)COc3ccc(Cl)cc3)CC2)c(F)c1. The third kappa shape index (κ3) is 6.18. The number of piperazine rings is 1. The molecule has 1 amide bonds. The van der Waals surface area contributed by atoms with Gasteiger partial charge in [0.25, 0.3) is 5.91 Å². The highest BCUT2D eigenvalue weighted by Gasteiger charge is 2.24. The highest BCUT2D eigenvalue weighted by atomic mass is 35.5. The van der Waals surface area contributed by atoms with Crippen LogP contribution in [0.1, 0.15) is 17.3 Å². The second-order valence-electron chi connectivity index (χ2n) is 6.99. The second kappa shape index (κ2) is 10.3. The third-order valence-electron chi connectivity index (χ3n) is 4.85. The lowest BCUT2D eigenvalue weighted by Gasteiger charge is -2.36. The first-order chi connectivity index (χ1) is 14.8. The van der Waals surface area contributed by atoms with Crippen LogP contribution in [0.3, 0.4) is 0 Å². The van der Waals surface area contributed by atoms with Crippen LogP contribution in [0.15, 0.2) is 42.5 Å². The van der Waals surface area contributed by atoms with Crippen LogP contribution < -0.4 is 9.64 Å². The van der Waals surface area contributed by atoms with Crippen LogP contribution in [0.25, 0.3) is 0 Å². The summed E-state index contributed by atoms with van der Waals surface area (Å²) in [6.45, 7) is 2.26. The van der Waals surface area contributed by atoms with Crippen molar-refractivity contribution in [3.8, 4) is 5.75 Å². The largest absolute Gasteiger partial charge is 0.482 e. The summed E-state index contributed by atoms with van der Waals surface area (Å²) in [5, 5.41) is 0.552. The molecule has 1 saturated heterocycles. The summed E-state index contributed by atoms with van der Waals surface area (Å²) in [4.78, 5) is 38.9. The minimum atomic E-state index is -0.658. The molecule has 9 heteroatoms. The Labute approximate surface area is 184 Å². The third-order valence-corrected chi connectivity index (χ3v) is 5.11. The lowest BCUT2D eigenvalue weighted by atomic mass is 10.1. The maximum atomic E-state index is 14.3. The van der Waals surface area contributed by atoms with Gasteiger partial charge in [0.05, 0.1) is 5.69 Å². The molecule has 2 aromatic carbocycles. The number of hydrogen-bond acceptors (Lipinski definition) is 6. The van der Waals surface area contributed by atoms with Crippen LogP contribution in [-0.2, 0) is 14.3 Å². The molecule has 1 aliphatic heterocycles. The molecular formula is C22H22ClFN2O5. The van der Waals surface area contributed by atoms with Gasteiger partial charge in [-0.25, -0.2) is 9.18 Å². The fourth-order valence-electron chi connectivity index (χ4n) is 3.13. The van der Waals surface area contributed by atoms with Gasteiger partial charge >= 0.3 is 5.97 Å². The smallest absolute Gasteiger partial charge is 0.344 e. The van der Waals surface area contributed by atoms with Gasteiger partial charge in [-0.2, -0.15) is 0 Å². The first kappa shape index (κ1) is 22.6. The Morgan fingerprint density at radius 3 is 2.29 bits per heavy atom. The molecule has 0 spiro atoms. The van der Waals surface area contributed by atoms with E-state index in [9.17, 15) is 18.8 Å². The molecule has 0 unspecified atom stereocenters. The van der Waals surface area contributed by atoms with Crippen molar-refractivity contribution < 1.29 is 28.2 Å². The number of nitrogens with zero attached hydrogens (tertiary/aromatic N) is 2. The van der Waals surface area contributed by atoms with Crippen LogP contribution in [0.5, 0.6) is 5.75 Å². The Morgan fingerprint density at radius 2 is 1.68 bits per heavy atom. The Bertz CT molecular complexity index is 959. The van der Waals surface area contributed by atoms with Gasteiger partial charge in [-0.3, -0.25) is 9.59 Å². The average molecular weight is 449 g/mol. The van der Waals surface area contributed by atoms with E-state index in [1.807, 2.05) is 4.90 Å². The molecule has 0 atom stereocenters. The summed E-state index contributed by atoms with van der Waals surface area (Å²) in [6.07, 6.45) is 0. The van der Waals surface area contributed by atoms with Crippen molar-refractivity contribution in [2.45, 2.75) is 6.92 Å². The minimum absolute atomic E-state index is 0.200. The van der Waals surface area contributed by atoms with Crippen molar-refractivity contribution in [2.24, 2.45) is 0 Å². The molecule has 1 heterocycles. The molecule has 31 heavy (non-hydrogen) atoms. The number of ketones is 1. The molecule has 0 bridgehead atoms. The number of esters is 1. The Hall–Kier alpha value is -3.13. The molecule has 1 aliphatic rings. The Morgan fingerprint density at radius 1 is 1.00 bits per heavy atom. The van der Waals surface area contributed by atoms with E-state index < -0.39 is 11.8 Å². The van der Waals surface area contributed by atoms with Crippen molar-refractivity contribution in [3.05, 3.63) is 58.9 Å².